The number of hydroxylamine groups is 2. The number of ether oxygens (including phenoxy) is 1. The van der Waals surface area contributed by atoms with Crippen molar-refractivity contribution in [1.29, 1.82) is 0 Å². The van der Waals surface area contributed by atoms with Gasteiger partial charge < -0.3 is 20.0 Å². The summed E-state index contributed by atoms with van der Waals surface area (Å²) in [6.07, 6.45) is -0.954. The minimum Gasteiger partial charge on any atom is -0.508 e. The lowest BCUT2D eigenvalue weighted by Crippen LogP contribution is -2.46. The molecule has 3 aromatic rings. The van der Waals surface area contributed by atoms with Crippen LogP contribution in [0.3, 0.4) is 0 Å². The molecule has 0 radical (unpaired) electrons. The van der Waals surface area contributed by atoms with E-state index in [9.17, 15) is 24.3 Å². The van der Waals surface area contributed by atoms with Crippen LogP contribution in [0, 0.1) is 0 Å². The molecule has 188 valence electrons. The molecule has 1 aliphatic heterocycles. The van der Waals surface area contributed by atoms with E-state index in [4.69, 9.17) is 9.57 Å². The Morgan fingerprint density at radius 1 is 0.892 bits per heavy atom. The number of amides is 3. The van der Waals surface area contributed by atoms with Crippen molar-refractivity contribution in [2.75, 3.05) is 6.61 Å². The van der Waals surface area contributed by atoms with Gasteiger partial charge in [-0.3, -0.25) is 9.59 Å². The van der Waals surface area contributed by atoms with E-state index >= 15 is 0 Å². The summed E-state index contributed by atoms with van der Waals surface area (Å²) in [6, 6.07) is 20.6. The summed E-state index contributed by atoms with van der Waals surface area (Å²) in [6.45, 7) is 0.0456. The fourth-order valence-electron chi connectivity index (χ4n) is 4.65. The third kappa shape index (κ3) is 5.02. The van der Waals surface area contributed by atoms with E-state index < -0.39 is 29.9 Å². The molecule has 3 amide bonds. The summed E-state index contributed by atoms with van der Waals surface area (Å²) in [4.78, 5) is 54.6. The minimum atomic E-state index is -1.25. The Hall–Kier alpha value is -4.66. The van der Waals surface area contributed by atoms with E-state index in [-0.39, 0.29) is 37.5 Å². The van der Waals surface area contributed by atoms with Crippen molar-refractivity contribution in [3.05, 3.63) is 89.5 Å². The van der Waals surface area contributed by atoms with Gasteiger partial charge in [-0.2, -0.15) is 0 Å². The van der Waals surface area contributed by atoms with E-state index in [0.717, 1.165) is 22.3 Å². The molecule has 1 saturated heterocycles. The van der Waals surface area contributed by atoms with Crippen LogP contribution >= 0.6 is 0 Å². The maximum Gasteiger partial charge on any atom is 0.407 e. The second-order valence-corrected chi connectivity index (χ2v) is 8.89. The van der Waals surface area contributed by atoms with Gasteiger partial charge in [-0.25, -0.2) is 9.59 Å². The Balaban J connectivity index is 1.29. The molecule has 3 aromatic carbocycles. The lowest BCUT2D eigenvalue weighted by atomic mass is 9.98. The highest BCUT2D eigenvalue weighted by atomic mass is 16.7. The van der Waals surface area contributed by atoms with Gasteiger partial charge in [-0.1, -0.05) is 60.7 Å². The first kappa shape index (κ1) is 24.1. The molecule has 1 heterocycles. The number of benzene rings is 3. The van der Waals surface area contributed by atoms with Gasteiger partial charge in [0.25, 0.3) is 11.8 Å². The molecule has 0 aromatic heterocycles. The molecular weight excluding hydrogens is 476 g/mol. The van der Waals surface area contributed by atoms with Crippen LogP contribution in [0.15, 0.2) is 72.8 Å². The Kier molecular flexibility index (Phi) is 6.59. The number of carbonyl (C=O) groups excluding carboxylic acids is 4. The van der Waals surface area contributed by atoms with Crippen LogP contribution in [0.5, 0.6) is 5.75 Å². The zero-order valence-corrected chi connectivity index (χ0v) is 19.8. The molecule has 9 nitrogen and oxygen atoms in total. The number of phenols is 1. The van der Waals surface area contributed by atoms with Gasteiger partial charge in [-0.15, -0.1) is 5.06 Å². The molecule has 2 N–H and O–H groups in total. The second-order valence-electron chi connectivity index (χ2n) is 8.89. The van der Waals surface area contributed by atoms with Gasteiger partial charge in [0.2, 0.25) is 0 Å². The maximum absolute atomic E-state index is 12.9. The highest BCUT2D eigenvalue weighted by molar-refractivity contribution is 6.02. The topological polar surface area (TPSA) is 122 Å². The number of nitrogens with zero attached hydrogens (tertiary/aromatic N) is 1. The van der Waals surface area contributed by atoms with Crippen LogP contribution in [-0.2, 0) is 30.4 Å². The fraction of sp³-hybridized carbons (Fsp3) is 0.214. The zero-order valence-electron chi connectivity index (χ0n) is 19.8. The molecule has 37 heavy (non-hydrogen) atoms. The smallest absolute Gasteiger partial charge is 0.407 e. The number of hydrogen-bond donors (Lipinski definition) is 2. The Morgan fingerprint density at radius 3 is 2.05 bits per heavy atom. The molecule has 0 spiro atoms. The van der Waals surface area contributed by atoms with Gasteiger partial charge in [0.15, 0.2) is 0 Å². The average Bonchev–Trinajstić information content (AvgIpc) is 3.40. The SMILES string of the molecule is O=C(NC(Cc1ccc(O)cc1)C(=O)ON1C(=O)CCC1=O)OCC1c2ccccc2-c2ccccc21. The number of rotatable bonds is 7. The summed E-state index contributed by atoms with van der Waals surface area (Å²) in [5, 5.41) is 12.5. The number of aromatic hydroxyl groups is 1. The van der Waals surface area contributed by atoms with Crippen LogP contribution in [-0.4, -0.2) is 46.7 Å². The normalized spacial score (nSPS) is 15.2. The highest BCUT2D eigenvalue weighted by Crippen LogP contribution is 2.44. The van der Waals surface area contributed by atoms with E-state index in [1.165, 1.54) is 12.1 Å². The van der Waals surface area contributed by atoms with Gasteiger partial charge >= 0.3 is 12.1 Å². The maximum atomic E-state index is 12.9. The van der Waals surface area contributed by atoms with Crippen molar-refractivity contribution >= 4 is 23.9 Å². The monoisotopic (exact) mass is 500 g/mol. The summed E-state index contributed by atoms with van der Waals surface area (Å²) >= 11 is 0. The lowest BCUT2D eigenvalue weighted by molar-refractivity contribution is -0.198. The predicted molar refractivity (Wildman–Crippen MR) is 131 cm³/mol. The van der Waals surface area contributed by atoms with Crippen molar-refractivity contribution in [3.8, 4) is 16.9 Å². The van der Waals surface area contributed by atoms with Crippen molar-refractivity contribution in [2.45, 2.75) is 31.2 Å². The first-order valence-electron chi connectivity index (χ1n) is 11.9. The summed E-state index contributed by atoms with van der Waals surface area (Å²) in [5.74, 6) is -2.35. The molecule has 1 fully saturated rings. The van der Waals surface area contributed by atoms with Crippen LogP contribution < -0.4 is 5.32 Å². The van der Waals surface area contributed by atoms with Gasteiger partial charge in [0.1, 0.15) is 18.4 Å². The molecule has 2 aliphatic rings. The molecule has 9 heteroatoms. The van der Waals surface area contributed by atoms with Crippen molar-refractivity contribution < 1.29 is 33.9 Å². The molecule has 0 saturated carbocycles. The molecule has 1 unspecified atom stereocenters. The lowest BCUT2D eigenvalue weighted by Gasteiger charge is -2.21. The molecular formula is C28H24N2O7. The average molecular weight is 501 g/mol. The number of hydrogen-bond acceptors (Lipinski definition) is 7. The summed E-state index contributed by atoms with van der Waals surface area (Å²) < 4.78 is 5.54. The van der Waals surface area contributed by atoms with Gasteiger partial charge in [0.05, 0.1) is 0 Å². The third-order valence-electron chi connectivity index (χ3n) is 6.48. The number of nitrogens with one attached hydrogen (secondary N) is 1. The molecule has 1 atom stereocenters. The standard InChI is InChI=1S/C28H24N2O7/c31-18-11-9-17(10-12-18)15-24(27(34)37-30-25(32)13-14-26(30)33)29-28(35)36-16-23-21-7-3-1-5-19(21)20-6-2-4-8-22(20)23/h1-12,23-24,31H,13-16H2,(H,29,35). The van der Waals surface area contributed by atoms with Crippen molar-refractivity contribution in [3.63, 3.8) is 0 Å². The minimum absolute atomic E-state index is 0.0144. The largest absolute Gasteiger partial charge is 0.508 e. The van der Waals surface area contributed by atoms with Gasteiger partial charge in [0, 0.05) is 25.2 Å². The van der Waals surface area contributed by atoms with E-state index in [1.54, 1.807) is 12.1 Å². The van der Waals surface area contributed by atoms with Crippen LogP contribution in [0.25, 0.3) is 11.1 Å². The number of imide groups is 1. The van der Waals surface area contributed by atoms with E-state index in [1.807, 2.05) is 48.5 Å². The van der Waals surface area contributed by atoms with Crippen LogP contribution in [0.4, 0.5) is 4.79 Å². The fourth-order valence-corrected chi connectivity index (χ4v) is 4.65. The van der Waals surface area contributed by atoms with Gasteiger partial charge in [-0.05, 0) is 39.9 Å². The first-order chi connectivity index (χ1) is 17.9. The Bertz CT molecular complexity index is 1310. The number of alkyl carbamates (subject to hydrolysis) is 1. The highest BCUT2D eigenvalue weighted by Gasteiger charge is 2.36. The predicted octanol–water partition coefficient (Wildman–Crippen LogP) is 3.45. The molecule has 0 bridgehead atoms. The van der Waals surface area contributed by atoms with Crippen molar-refractivity contribution in [2.24, 2.45) is 0 Å². The van der Waals surface area contributed by atoms with Crippen LogP contribution in [0.1, 0.15) is 35.4 Å². The van der Waals surface area contributed by atoms with Crippen LogP contribution in [0.2, 0.25) is 0 Å². The zero-order chi connectivity index (χ0) is 25.9. The Labute approximate surface area is 212 Å². The Morgan fingerprint density at radius 2 is 1.46 bits per heavy atom. The molecule has 5 rings (SSSR count). The number of fused-ring (bicyclic) bond motifs is 3. The number of carbonyl (C=O) groups is 4. The van der Waals surface area contributed by atoms with Crippen molar-refractivity contribution in [1.82, 2.24) is 10.4 Å². The van der Waals surface area contributed by atoms with E-state index in [0.29, 0.717) is 10.6 Å². The second kappa shape index (κ2) is 10.1. The summed E-state index contributed by atoms with van der Waals surface area (Å²) in [5.41, 5.74) is 4.87. The number of phenolic OH excluding ortho intramolecular Hbond substituents is 1. The quantitative estimate of drug-likeness (QED) is 0.477. The molecule has 1 aliphatic carbocycles. The third-order valence-corrected chi connectivity index (χ3v) is 6.48. The summed E-state index contributed by atoms with van der Waals surface area (Å²) in [7, 11) is 0. The van der Waals surface area contributed by atoms with E-state index in [2.05, 4.69) is 5.32 Å². The first-order valence-corrected chi connectivity index (χ1v) is 11.9.